The number of rotatable bonds is 2. The Bertz CT molecular complexity index is 552. The smallest absolute Gasteiger partial charge is 0.145 e. The van der Waals surface area contributed by atoms with Crippen LogP contribution >= 0.6 is 0 Å². The highest BCUT2D eigenvalue weighted by Gasteiger charge is 1.99. The van der Waals surface area contributed by atoms with E-state index in [2.05, 4.69) is 10.2 Å². The number of azo groups is 1. The molecular weight excluding hydrogens is 221 g/mol. The summed E-state index contributed by atoms with van der Waals surface area (Å²) in [6.07, 6.45) is 0. The fourth-order valence-corrected chi connectivity index (χ4v) is 1.24. The molecule has 0 radical (unpaired) electrons. The van der Waals surface area contributed by atoms with Gasteiger partial charge < -0.3 is 10.8 Å². The van der Waals surface area contributed by atoms with Gasteiger partial charge in [0.25, 0.3) is 0 Å². The van der Waals surface area contributed by atoms with Gasteiger partial charge >= 0.3 is 0 Å². The molecule has 2 rings (SSSR count). The van der Waals surface area contributed by atoms with E-state index >= 15 is 0 Å². The van der Waals surface area contributed by atoms with Crippen LogP contribution in [0.15, 0.2) is 52.7 Å². The second kappa shape index (κ2) is 4.61. The highest BCUT2D eigenvalue weighted by Crippen LogP contribution is 2.29. The molecule has 86 valence electrons. The zero-order valence-corrected chi connectivity index (χ0v) is 8.84. The second-order valence-electron chi connectivity index (χ2n) is 3.42. The molecule has 0 aliphatic carbocycles. The van der Waals surface area contributed by atoms with Crippen LogP contribution in [0.4, 0.5) is 21.5 Å². The standard InChI is InChI=1S/C12H10FN3O/c13-8-1-4-10(5-2-8)15-16-11-6-3-9(14)7-12(11)17/h1-7,17H,14H2. The average Bonchev–Trinajstić information content (AvgIpc) is 2.30. The molecule has 2 aromatic rings. The van der Waals surface area contributed by atoms with Gasteiger partial charge in [0.1, 0.15) is 17.3 Å². The van der Waals surface area contributed by atoms with Crippen molar-refractivity contribution in [1.29, 1.82) is 0 Å². The first kappa shape index (κ1) is 11.1. The van der Waals surface area contributed by atoms with Gasteiger partial charge in [-0.3, -0.25) is 0 Å². The van der Waals surface area contributed by atoms with Crippen molar-refractivity contribution >= 4 is 17.1 Å². The number of benzene rings is 2. The summed E-state index contributed by atoms with van der Waals surface area (Å²) < 4.78 is 12.6. The molecule has 4 nitrogen and oxygen atoms in total. The van der Waals surface area contributed by atoms with Gasteiger partial charge in [0.15, 0.2) is 0 Å². The number of hydrogen-bond donors (Lipinski definition) is 2. The number of phenols is 1. The summed E-state index contributed by atoms with van der Waals surface area (Å²) in [6.45, 7) is 0. The largest absolute Gasteiger partial charge is 0.506 e. The number of nitrogen functional groups attached to an aromatic ring is 1. The highest BCUT2D eigenvalue weighted by molar-refractivity contribution is 5.58. The van der Waals surface area contributed by atoms with Gasteiger partial charge in [-0.1, -0.05) is 0 Å². The van der Waals surface area contributed by atoms with Crippen LogP contribution in [0.5, 0.6) is 5.75 Å². The first-order valence-electron chi connectivity index (χ1n) is 4.91. The second-order valence-corrected chi connectivity index (χ2v) is 3.42. The molecule has 0 unspecified atom stereocenters. The minimum absolute atomic E-state index is 0.0455. The van der Waals surface area contributed by atoms with E-state index in [-0.39, 0.29) is 11.6 Å². The van der Waals surface area contributed by atoms with E-state index in [0.29, 0.717) is 17.1 Å². The SMILES string of the molecule is Nc1ccc(N=Nc2ccc(F)cc2)c(O)c1. The summed E-state index contributed by atoms with van der Waals surface area (Å²) in [6, 6.07) is 10.1. The van der Waals surface area contributed by atoms with Crippen molar-refractivity contribution < 1.29 is 9.50 Å². The number of anilines is 1. The molecule has 0 fully saturated rings. The van der Waals surface area contributed by atoms with E-state index in [1.807, 2.05) is 0 Å². The van der Waals surface area contributed by atoms with Crippen LogP contribution in [0.1, 0.15) is 0 Å². The Hall–Kier alpha value is -2.43. The molecule has 3 N–H and O–H groups in total. The van der Waals surface area contributed by atoms with Crippen LogP contribution in [-0.4, -0.2) is 5.11 Å². The van der Waals surface area contributed by atoms with Gasteiger partial charge in [0.05, 0.1) is 5.69 Å². The molecule has 0 heterocycles. The Morgan fingerprint density at radius 3 is 2.35 bits per heavy atom. The molecule has 0 atom stereocenters. The number of nitrogens with zero attached hydrogens (tertiary/aromatic N) is 2. The quantitative estimate of drug-likeness (QED) is 0.613. The summed E-state index contributed by atoms with van der Waals surface area (Å²) in [5.41, 5.74) is 6.74. The van der Waals surface area contributed by atoms with Crippen molar-refractivity contribution in [2.24, 2.45) is 10.2 Å². The summed E-state index contributed by atoms with van der Waals surface area (Å²) >= 11 is 0. The molecule has 2 aromatic carbocycles. The zero-order chi connectivity index (χ0) is 12.3. The van der Waals surface area contributed by atoms with Gasteiger partial charge in [-0.25, -0.2) is 4.39 Å². The maximum atomic E-state index is 12.6. The third kappa shape index (κ3) is 2.78. The molecule has 0 saturated heterocycles. The first-order valence-corrected chi connectivity index (χ1v) is 4.91. The maximum Gasteiger partial charge on any atom is 0.145 e. The summed E-state index contributed by atoms with van der Waals surface area (Å²) in [4.78, 5) is 0. The van der Waals surface area contributed by atoms with E-state index < -0.39 is 0 Å². The Kier molecular flexibility index (Phi) is 3.00. The Labute approximate surface area is 97.2 Å². The van der Waals surface area contributed by atoms with E-state index in [9.17, 15) is 9.50 Å². The lowest BCUT2D eigenvalue weighted by Crippen LogP contribution is -1.81. The predicted molar refractivity (Wildman–Crippen MR) is 63.1 cm³/mol. The molecule has 0 spiro atoms. The molecule has 17 heavy (non-hydrogen) atoms. The van der Waals surface area contributed by atoms with Crippen molar-refractivity contribution in [2.45, 2.75) is 0 Å². The van der Waals surface area contributed by atoms with Crippen molar-refractivity contribution in [1.82, 2.24) is 0 Å². The minimum Gasteiger partial charge on any atom is -0.506 e. The Morgan fingerprint density at radius 2 is 1.71 bits per heavy atom. The lowest BCUT2D eigenvalue weighted by molar-refractivity contribution is 0.476. The lowest BCUT2D eigenvalue weighted by Gasteiger charge is -1.98. The number of phenolic OH excluding ortho intramolecular Hbond substituents is 1. The van der Waals surface area contributed by atoms with Crippen LogP contribution < -0.4 is 5.73 Å². The highest BCUT2D eigenvalue weighted by atomic mass is 19.1. The van der Waals surface area contributed by atoms with Crippen LogP contribution in [0.2, 0.25) is 0 Å². The van der Waals surface area contributed by atoms with Gasteiger partial charge in [-0.15, -0.1) is 5.11 Å². The summed E-state index contributed by atoms with van der Waals surface area (Å²) in [7, 11) is 0. The van der Waals surface area contributed by atoms with Gasteiger partial charge in [0.2, 0.25) is 0 Å². The first-order chi connectivity index (χ1) is 8.15. The van der Waals surface area contributed by atoms with Crippen LogP contribution in [-0.2, 0) is 0 Å². The number of aromatic hydroxyl groups is 1. The normalized spacial score (nSPS) is 10.9. The molecule has 0 bridgehead atoms. The van der Waals surface area contributed by atoms with E-state index in [0.717, 1.165) is 0 Å². The number of nitrogens with two attached hydrogens (primary N) is 1. The monoisotopic (exact) mass is 231 g/mol. The van der Waals surface area contributed by atoms with Crippen molar-refractivity contribution in [3.8, 4) is 5.75 Å². The Morgan fingerprint density at radius 1 is 1.00 bits per heavy atom. The average molecular weight is 231 g/mol. The summed E-state index contributed by atoms with van der Waals surface area (Å²) in [5.74, 6) is -0.379. The van der Waals surface area contributed by atoms with Crippen LogP contribution in [0, 0.1) is 5.82 Å². The number of halogens is 1. The molecule has 0 aromatic heterocycles. The van der Waals surface area contributed by atoms with Crippen LogP contribution in [0.3, 0.4) is 0 Å². The Balaban J connectivity index is 2.23. The predicted octanol–water partition coefficient (Wildman–Crippen LogP) is 3.53. The molecule has 0 amide bonds. The maximum absolute atomic E-state index is 12.6. The zero-order valence-electron chi connectivity index (χ0n) is 8.84. The van der Waals surface area contributed by atoms with Gasteiger partial charge in [-0.2, -0.15) is 5.11 Å². The third-order valence-corrected chi connectivity index (χ3v) is 2.10. The number of hydrogen-bond acceptors (Lipinski definition) is 4. The molecule has 0 saturated carbocycles. The molecular formula is C12H10FN3O. The lowest BCUT2D eigenvalue weighted by atomic mass is 10.2. The van der Waals surface area contributed by atoms with Crippen molar-refractivity contribution in [3.05, 3.63) is 48.3 Å². The van der Waals surface area contributed by atoms with Crippen molar-refractivity contribution in [2.75, 3.05) is 5.73 Å². The third-order valence-electron chi connectivity index (χ3n) is 2.10. The molecule has 5 heteroatoms. The fraction of sp³-hybridized carbons (Fsp3) is 0. The van der Waals surface area contributed by atoms with E-state index in [1.54, 1.807) is 12.1 Å². The molecule has 0 aliphatic rings. The van der Waals surface area contributed by atoms with E-state index in [1.165, 1.54) is 30.3 Å². The van der Waals surface area contributed by atoms with Gasteiger partial charge in [0, 0.05) is 11.8 Å². The summed E-state index contributed by atoms with van der Waals surface area (Å²) in [5, 5.41) is 17.2. The fourth-order valence-electron chi connectivity index (χ4n) is 1.24. The van der Waals surface area contributed by atoms with Crippen LogP contribution in [0.25, 0.3) is 0 Å². The molecule has 0 aliphatic heterocycles. The van der Waals surface area contributed by atoms with Gasteiger partial charge in [-0.05, 0) is 36.4 Å². The minimum atomic E-state index is -0.334. The van der Waals surface area contributed by atoms with E-state index in [4.69, 9.17) is 5.73 Å². The van der Waals surface area contributed by atoms with Crippen molar-refractivity contribution in [3.63, 3.8) is 0 Å². The topological polar surface area (TPSA) is 71.0 Å².